The van der Waals surface area contributed by atoms with Crippen LogP contribution in [0.25, 0.3) is 0 Å². The molecule has 1 N–H and O–H groups in total. The number of amides is 1. The number of rotatable bonds is 8. The molecule has 1 amide bonds. The molecule has 0 bridgehead atoms. The lowest BCUT2D eigenvalue weighted by Crippen LogP contribution is -2.49. The molecule has 0 aliphatic heterocycles. The number of hydrogen-bond donors (Lipinski definition) is 1. The number of anilines is 1. The van der Waals surface area contributed by atoms with Gasteiger partial charge >= 0.3 is 0 Å². The third-order valence-corrected chi connectivity index (χ3v) is 6.47. The van der Waals surface area contributed by atoms with Crippen LogP contribution in [0.2, 0.25) is 0 Å². The van der Waals surface area contributed by atoms with E-state index in [1.54, 1.807) is 17.8 Å². The Hall–Kier alpha value is -1.21. The molecule has 0 fully saturated rings. The van der Waals surface area contributed by atoms with Gasteiger partial charge in [0.1, 0.15) is 6.04 Å². The summed E-state index contributed by atoms with van der Waals surface area (Å²) in [4.78, 5) is 12.7. The summed E-state index contributed by atoms with van der Waals surface area (Å²) in [7, 11) is -3.59. The highest BCUT2D eigenvalue weighted by molar-refractivity contribution is 8.00. The number of nitrogens with zero attached hydrogens (tertiary/aromatic N) is 1. The van der Waals surface area contributed by atoms with Gasteiger partial charge in [0.05, 0.1) is 11.9 Å². The van der Waals surface area contributed by atoms with Crippen LogP contribution in [0.1, 0.15) is 45.2 Å². The topological polar surface area (TPSA) is 66.5 Å². The second-order valence-corrected chi connectivity index (χ2v) is 11.3. The lowest BCUT2D eigenvalue weighted by Gasteiger charge is -2.30. The van der Waals surface area contributed by atoms with Crippen molar-refractivity contribution >= 4 is 33.4 Å². The molecular formula is C19H32N2O3S2. The zero-order valence-electron chi connectivity index (χ0n) is 16.9. The van der Waals surface area contributed by atoms with Gasteiger partial charge in [0.25, 0.3) is 0 Å². The lowest BCUT2D eigenvalue weighted by atomic mass is 10.1. The number of carbonyl (C=O) groups excluding carboxylic acids is 1. The number of aryl methyl sites for hydroxylation is 2. The smallest absolute Gasteiger partial charge is 0.243 e. The second kappa shape index (κ2) is 9.13. The Bertz CT molecular complexity index is 725. The molecule has 0 heterocycles. The van der Waals surface area contributed by atoms with Crippen molar-refractivity contribution in [2.24, 2.45) is 0 Å². The highest BCUT2D eigenvalue weighted by Gasteiger charge is 2.31. The van der Waals surface area contributed by atoms with Gasteiger partial charge in [-0.25, -0.2) is 8.42 Å². The van der Waals surface area contributed by atoms with Gasteiger partial charge in [-0.1, -0.05) is 33.8 Å². The third kappa shape index (κ3) is 6.83. The van der Waals surface area contributed by atoms with Crippen molar-refractivity contribution < 1.29 is 13.2 Å². The number of sulfonamides is 1. The molecule has 0 unspecified atom stereocenters. The van der Waals surface area contributed by atoms with E-state index >= 15 is 0 Å². The molecule has 7 heteroatoms. The van der Waals surface area contributed by atoms with Gasteiger partial charge in [-0.3, -0.25) is 9.10 Å². The summed E-state index contributed by atoms with van der Waals surface area (Å²) >= 11 is 1.76. The zero-order chi connectivity index (χ0) is 20.1. The molecule has 5 nitrogen and oxygen atoms in total. The fourth-order valence-electron chi connectivity index (χ4n) is 2.57. The monoisotopic (exact) mass is 400 g/mol. The van der Waals surface area contributed by atoms with E-state index in [4.69, 9.17) is 0 Å². The van der Waals surface area contributed by atoms with Gasteiger partial charge in [-0.2, -0.15) is 11.8 Å². The van der Waals surface area contributed by atoms with E-state index in [1.165, 1.54) is 4.31 Å². The molecule has 1 aromatic rings. The van der Waals surface area contributed by atoms with E-state index in [1.807, 2.05) is 32.9 Å². The predicted molar refractivity (Wildman–Crippen MR) is 113 cm³/mol. The summed E-state index contributed by atoms with van der Waals surface area (Å²) in [6, 6.07) is 4.70. The maximum atomic E-state index is 12.7. The highest BCUT2D eigenvalue weighted by atomic mass is 32.2. The van der Waals surface area contributed by atoms with Gasteiger partial charge in [-0.15, -0.1) is 0 Å². The number of hydrogen-bond acceptors (Lipinski definition) is 4. The first-order valence-electron chi connectivity index (χ1n) is 8.85. The summed E-state index contributed by atoms with van der Waals surface area (Å²) in [5.41, 5.74) is 2.61. The fraction of sp³-hybridized carbons (Fsp3) is 0.632. The number of thioether (sulfide) groups is 1. The first-order valence-corrected chi connectivity index (χ1v) is 11.7. The van der Waals surface area contributed by atoms with Crippen molar-refractivity contribution in [1.82, 2.24) is 5.32 Å². The molecule has 1 atom stereocenters. The fourth-order valence-corrected chi connectivity index (χ4v) is 4.59. The Kier molecular flexibility index (Phi) is 8.02. The van der Waals surface area contributed by atoms with Crippen LogP contribution in [0, 0.1) is 13.8 Å². The van der Waals surface area contributed by atoms with Crippen LogP contribution in [0.4, 0.5) is 5.69 Å². The van der Waals surface area contributed by atoms with E-state index < -0.39 is 16.1 Å². The minimum absolute atomic E-state index is 0.132. The number of nitrogens with one attached hydrogen (secondary N) is 1. The molecule has 0 aromatic heterocycles. The Morgan fingerprint density at radius 3 is 2.31 bits per heavy atom. The van der Waals surface area contributed by atoms with Gasteiger partial charge < -0.3 is 5.32 Å². The van der Waals surface area contributed by atoms with E-state index in [0.717, 1.165) is 23.1 Å². The molecule has 1 rings (SSSR count). The van der Waals surface area contributed by atoms with Gasteiger partial charge in [0.15, 0.2) is 0 Å². The molecule has 148 valence electrons. The van der Waals surface area contributed by atoms with E-state index in [9.17, 15) is 13.2 Å². The highest BCUT2D eigenvalue weighted by Crippen LogP contribution is 2.25. The summed E-state index contributed by atoms with van der Waals surface area (Å²) in [5, 5.41) is 2.89. The number of carbonyl (C=O) groups is 1. The minimum Gasteiger partial charge on any atom is -0.353 e. The summed E-state index contributed by atoms with van der Waals surface area (Å²) in [5.74, 6) is 0.527. The maximum Gasteiger partial charge on any atom is 0.243 e. The standard InChI is InChI=1S/C19H32N2O3S2/c1-8-17(18(22)20-11-12-25-19(4,5)6)21(26(7,23)24)16-10-9-14(2)15(3)13-16/h9-10,13,17H,8,11-12H2,1-7H3,(H,20,22)/t17-/m0/s1. The van der Waals surface area contributed by atoms with Crippen LogP contribution >= 0.6 is 11.8 Å². The van der Waals surface area contributed by atoms with Gasteiger partial charge in [0, 0.05) is 17.0 Å². The Balaban J connectivity index is 2.99. The Labute approximate surface area is 163 Å². The molecule has 0 spiro atoms. The molecule has 0 saturated heterocycles. The third-order valence-electron chi connectivity index (χ3n) is 4.01. The first-order chi connectivity index (χ1) is 11.9. The number of benzene rings is 1. The van der Waals surface area contributed by atoms with Crippen LogP contribution in [0.5, 0.6) is 0 Å². The van der Waals surface area contributed by atoms with Crippen LogP contribution in [-0.2, 0) is 14.8 Å². The average Bonchev–Trinajstić information content (AvgIpc) is 2.49. The largest absolute Gasteiger partial charge is 0.353 e. The first kappa shape index (κ1) is 22.8. The van der Waals surface area contributed by atoms with Crippen LogP contribution in [0.3, 0.4) is 0 Å². The summed E-state index contributed by atoms with van der Waals surface area (Å²) in [6.07, 6.45) is 1.55. The van der Waals surface area contributed by atoms with Gasteiger partial charge in [0.2, 0.25) is 15.9 Å². The molecule has 0 saturated carbocycles. The van der Waals surface area contributed by atoms with Crippen LogP contribution in [-0.4, -0.2) is 43.7 Å². The normalized spacial score (nSPS) is 13.3. The van der Waals surface area contributed by atoms with E-state index in [-0.39, 0.29) is 10.7 Å². The molecule has 0 aliphatic rings. The minimum atomic E-state index is -3.59. The van der Waals surface area contributed by atoms with Crippen LogP contribution in [0.15, 0.2) is 18.2 Å². The molecular weight excluding hydrogens is 368 g/mol. The quantitative estimate of drug-likeness (QED) is 0.678. The van der Waals surface area contributed by atoms with Crippen molar-refractivity contribution in [1.29, 1.82) is 0 Å². The molecule has 1 aromatic carbocycles. The summed E-state index contributed by atoms with van der Waals surface area (Å²) in [6.45, 7) is 12.6. The average molecular weight is 401 g/mol. The zero-order valence-corrected chi connectivity index (χ0v) is 18.6. The Morgan fingerprint density at radius 2 is 1.85 bits per heavy atom. The van der Waals surface area contributed by atoms with Crippen molar-refractivity contribution in [2.75, 3.05) is 22.9 Å². The predicted octanol–water partition coefficient (Wildman–Crippen LogP) is 3.50. The van der Waals surface area contributed by atoms with Crippen molar-refractivity contribution in [2.45, 2.75) is 58.8 Å². The lowest BCUT2D eigenvalue weighted by molar-refractivity contribution is -0.122. The summed E-state index contributed by atoms with van der Waals surface area (Å²) < 4.78 is 26.2. The van der Waals surface area contributed by atoms with E-state index in [2.05, 4.69) is 26.1 Å². The van der Waals surface area contributed by atoms with Gasteiger partial charge in [-0.05, 0) is 43.5 Å². The Morgan fingerprint density at radius 1 is 1.23 bits per heavy atom. The molecule has 26 heavy (non-hydrogen) atoms. The van der Waals surface area contributed by atoms with Crippen molar-refractivity contribution in [3.8, 4) is 0 Å². The van der Waals surface area contributed by atoms with Crippen molar-refractivity contribution in [3.05, 3.63) is 29.3 Å². The van der Waals surface area contributed by atoms with Crippen molar-refractivity contribution in [3.63, 3.8) is 0 Å². The van der Waals surface area contributed by atoms with Crippen LogP contribution < -0.4 is 9.62 Å². The maximum absolute atomic E-state index is 12.7. The second-order valence-electron chi connectivity index (χ2n) is 7.50. The van der Waals surface area contributed by atoms with E-state index in [0.29, 0.717) is 18.7 Å². The SMILES string of the molecule is CC[C@@H](C(=O)NCCSC(C)(C)C)N(c1ccc(C)c(C)c1)S(C)(=O)=O. The molecule has 0 radical (unpaired) electrons. The molecule has 0 aliphatic carbocycles.